The Bertz CT molecular complexity index is 615. The number of hydrogen-bond acceptors (Lipinski definition) is 2. The standard InChI is InChI=1S/C22H28F2N2/c1-17-3-7-19(8-4-17)21(23)15-25-11-13-26(14-12-25)16-22(24)20-9-5-18(2)6-10-20/h3-10,21-22H,11-16H2,1-2H3. The van der Waals surface area contributed by atoms with Crippen molar-refractivity contribution in [3.8, 4) is 0 Å². The molecule has 2 unspecified atom stereocenters. The number of piperazine rings is 1. The molecule has 0 saturated carbocycles. The van der Waals surface area contributed by atoms with Gasteiger partial charge in [-0.2, -0.15) is 0 Å². The molecule has 0 amide bonds. The fourth-order valence-corrected chi connectivity index (χ4v) is 3.37. The zero-order valence-corrected chi connectivity index (χ0v) is 15.7. The zero-order valence-electron chi connectivity index (χ0n) is 15.7. The van der Waals surface area contributed by atoms with E-state index in [0.29, 0.717) is 13.1 Å². The number of alkyl halides is 2. The summed E-state index contributed by atoms with van der Waals surface area (Å²) in [4.78, 5) is 4.28. The maximum atomic E-state index is 14.5. The Labute approximate surface area is 155 Å². The molecule has 1 heterocycles. The van der Waals surface area contributed by atoms with Crippen LogP contribution in [0, 0.1) is 13.8 Å². The summed E-state index contributed by atoms with van der Waals surface area (Å²) in [5.41, 5.74) is 3.76. The summed E-state index contributed by atoms with van der Waals surface area (Å²) in [6, 6.07) is 15.3. The third-order valence-corrected chi connectivity index (χ3v) is 5.18. The molecule has 1 fully saturated rings. The van der Waals surface area contributed by atoms with E-state index in [2.05, 4.69) is 9.80 Å². The second-order valence-electron chi connectivity index (χ2n) is 7.36. The van der Waals surface area contributed by atoms with Crippen LogP contribution in [0.25, 0.3) is 0 Å². The van der Waals surface area contributed by atoms with E-state index >= 15 is 0 Å². The van der Waals surface area contributed by atoms with Crippen LogP contribution in [0.1, 0.15) is 34.6 Å². The van der Waals surface area contributed by atoms with E-state index in [4.69, 9.17) is 0 Å². The number of halogens is 2. The molecule has 2 aromatic rings. The molecule has 2 aromatic carbocycles. The minimum Gasteiger partial charge on any atom is -0.298 e. The van der Waals surface area contributed by atoms with Gasteiger partial charge in [0, 0.05) is 39.3 Å². The molecule has 4 heteroatoms. The molecule has 1 aliphatic heterocycles. The van der Waals surface area contributed by atoms with Crippen LogP contribution in [0.5, 0.6) is 0 Å². The van der Waals surface area contributed by atoms with E-state index in [9.17, 15) is 8.78 Å². The molecule has 2 atom stereocenters. The first-order valence-corrected chi connectivity index (χ1v) is 9.37. The van der Waals surface area contributed by atoms with E-state index in [-0.39, 0.29) is 0 Å². The predicted molar refractivity (Wildman–Crippen MR) is 103 cm³/mol. The van der Waals surface area contributed by atoms with Crippen LogP contribution in [0.3, 0.4) is 0 Å². The summed E-state index contributed by atoms with van der Waals surface area (Å²) < 4.78 is 29.0. The maximum absolute atomic E-state index is 14.5. The number of nitrogens with zero attached hydrogens (tertiary/aromatic N) is 2. The number of aryl methyl sites for hydroxylation is 2. The second-order valence-corrected chi connectivity index (χ2v) is 7.36. The fraction of sp³-hybridized carbons (Fsp3) is 0.455. The van der Waals surface area contributed by atoms with Crippen LogP contribution in [-0.4, -0.2) is 49.1 Å². The fourth-order valence-electron chi connectivity index (χ4n) is 3.37. The van der Waals surface area contributed by atoms with Crippen molar-refractivity contribution in [2.24, 2.45) is 0 Å². The van der Waals surface area contributed by atoms with Gasteiger partial charge in [0.05, 0.1) is 0 Å². The lowest BCUT2D eigenvalue weighted by Gasteiger charge is -2.35. The first kappa shape index (κ1) is 19.0. The molecule has 0 bridgehead atoms. The van der Waals surface area contributed by atoms with Crippen molar-refractivity contribution in [2.75, 3.05) is 39.3 Å². The number of rotatable bonds is 6. The summed E-state index contributed by atoms with van der Waals surface area (Å²) in [6.45, 7) is 7.97. The third kappa shape index (κ3) is 5.12. The van der Waals surface area contributed by atoms with Crippen molar-refractivity contribution >= 4 is 0 Å². The molecule has 2 nitrogen and oxygen atoms in total. The first-order valence-electron chi connectivity index (χ1n) is 9.37. The monoisotopic (exact) mass is 358 g/mol. The highest BCUT2D eigenvalue weighted by Crippen LogP contribution is 2.22. The van der Waals surface area contributed by atoms with Crippen LogP contribution < -0.4 is 0 Å². The Kier molecular flexibility index (Phi) is 6.38. The van der Waals surface area contributed by atoms with E-state index in [1.165, 1.54) is 0 Å². The molecule has 3 rings (SSSR count). The molecular formula is C22H28F2N2. The summed E-state index contributed by atoms with van der Waals surface area (Å²) >= 11 is 0. The van der Waals surface area contributed by atoms with Crippen LogP contribution in [-0.2, 0) is 0 Å². The van der Waals surface area contributed by atoms with Crippen molar-refractivity contribution in [3.05, 3.63) is 70.8 Å². The third-order valence-electron chi connectivity index (χ3n) is 5.18. The van der Waals surface area contributed by atoms with Crippen molar-refractivity contribution in [1.82, 2.24) is 9.80 Å². The van der Waals surface area contributed by atoms with Crippen molar-refractivity contribution < 1.29 is 8.78 Å². The van der Waals surface area contributed by atoms with Gasteiger partial charge < -0.3 is 0 Å². The van der Waals surface area contributed by atoms with Gasteiger partial charge in [-0.25, -0.2) is 8.78 Å². The Balaban J connectivity index is 1.45. The minimum atomic E-state index is -0.969. The molecular weight excluding hydrogens is 330 g/mol. The topological polar surface area (TPSA) is 6.48 Å². The molecule has 0 N–H and O–H groups in total. The minimum absolute atomic E-state index is 0.411. The van der Waals surface area contributed by atoms with E-state index < -0.39 is 12.3 Å². The van der Waals surface area contributed by atoms with Crippen molar-refractivity contribution in [3.63, 3.8) is 0 Å². The van der Waals surface area contributed by atoms with Crippen LogP contribution in [0.2, 0.25) is 0 Å². The van der Waals surface area contributed by atoms with Gasteiger partial charge in [0.25, 0.3) is 0 Å². The van der Waals surface area contributed by atoms with Gasteiger partial charge in [0.2, 0.25) is 0 Å². The molecule has 0 spiro atoms. The van der Waals surface area contributed by atoms with Crippen LogP contribution in [0.4, 0.5) is 8.78 Å². The lowest BCUT2D eigenvalue weighted by molar-refractivity contribution is 0.0888. The average molecular weight is 358 g/mol. The van der Waals surface area contributed by atoms with Crippen molar-refractivity contribution in [1.29, 1.82) is 0 Å². The maximum Gasteiger partial charge on any atom is 0.138 e. The predicted octanol–water partition coefficient (Wildman–Crippen LogP) is 4.64. The Hall–Kier alpha value is -1.78. The molecule has 0 radical (unpaired) electrons. The van der Waals surface area contributed by atoms with Crippen LogP contribution in [0.15, 0.2) is 48.5 Å². The van der Waals surface area contributed by atoms with Gasteiger partial charge >= 0.3 is 0 Å². The average Bonchev–Trinajstić information content (AvgIpc) is 2.64. The largest absolute Gasteiger partial charge is 0.298 e. The summed E-state index contributed by atoms with van der Waals surface area (Å²) in [5.74, 6) is 0. The second kappa shape index (κ2) is 8.74. The van der Waals surface area contributed by atoms with Gasteiger partial charge in [-0.15, -0.1) is 0 Å². The Morgan fingerprint density at radius 2 is 0.962 bits per heavy atom. The normalized spacial score (nSPS) is 18.6. The number of benzene rings is 2. The lowest BCUT2D eigenvalue weighted by atomic mass is 10.1. The van der Waals surface area contributed by atoms with Crippen molar-refractivity contribution in [2.45, 2.75) is 26.2 Å². The zero-order chi connectivity index (χ0) is 18.5. The molecule has 1 aliphatic rings. The summed E-state index contributed by atoms with van der Waals surface area (Å²) in [5, 5.41) is 0. The Morgan fingerprint density at radius 3 is 1.27 bits per heavy atom. The molecule has 140 valence electrons. The highest BCUT2D eigenvalue weighted by Gasteiger charge is 2.23. The molecule has 1 saturated heterocycles. The Morgan fingerprint density at radius 1 is 0.654 bits per heavy atom. The van der Waals surface area contributed by atoms with Gasteiger partial charge in [-0.3, -0.25) is 9.80 Å². The van der Waals surface area contributed by atoms with E-state index in [1.807, 2.05) is 62.4 Å². The smallest absolute Gasteiger partial charge is 0.138 e. The lowest BCUT2D eigenvalue weighted by Crippen LogP contribution is -2.48. The molecule has 0 aromatic heterocycles. The summed E-state index contributed by atoms with van der Waals surface area (Å²) in [6.07, 6.45) is -1.94. The van der Waals surface area contributed by atoms with Gasteiger partial charge in [-0.1, -0.05) is 59.7 Å². The van der Waals surface area contributed by atoms with E-state index in [1.54, 1.807) is 0 Å². The molecule has 0 aliphatic carbocycles. The quantitative estimate of drug-likeness (QED) is 0.742. The van der Waals surface area contributed by atoms with Crippen LogP contribution >= 0.6 is 0 Å². The first-order chi connectivity index (χ1) is 12.5. The van der Waals surface area contributed by atoms with Gasteiger partial charge in [0.1, 0.15) is 12.3 Å². The number of hydrogen-bond donors (Lipinski definition) is 0. The highest BCUT2D eigenvalue weighted by molar-refractivity contribution is 5.24. The van der Waals surface area contributed by atoms with E-state index in [0.717, 1.165) is 48.4 Å². The van der Waals surface area contributed by atoms with Gasteiger partial charge in [0.15, 0.2) is 0 Å². The molecule has 26 heavy (non-hydrogen) atoms. The SMILES string of the molecule is Cc1ccc(C(F)CN2CCN(CC(F)c3ccc(C)cc3)CC2)cc1. The summed E-state index contributed by atoms with van der Waals surface area (Å²) in [7, 11) is 0. The highest BCUT2D eigenvalue weighted by atomic mass is 19.1. The van der Waals surface area contributed by atoms with Gasteiger partial charge in [-0.05, 0) is 25.0 Å².